The molecule has 0 spiro atoms. The average Bonchev–Trinajstić information content (AvgIpc) is 2.82. The Labute approximate surface area is 118 Å². The van der Waals surface area contributed by atoms with Crippen molar-refractivity contribution in [3.8, 4) is 0 Å². The van der Waals surface area contributed by atoms with Crippen molar-refractivity contribution < 1.29 is 4.52 Å². The average molecular weight is 277 g/mol. The summed E-state index contributed by atoms with van der Waals surface area (Å²) in [5.74, 6) is 1.43. The minimum absolute atomic E-state index is 0.530. The van der Waals surface area contributed by atoms with Crippen LogP contribution in [0.1, 0.15) is 29.2 Å². The van der Waals surface area contributed by atoms with Crippen molar-refractivity contribution in [1.82, 2.24) is 5.16 Å². The number of hydrogen-bond donors (Lipinski definition) is 0. The van der Waals surface area contributed by atoms with Crippen molar-refractivity contribution in [2.75, 3.05) is 19.0 Å². The van der Waals surface area contributed by atoms with Gasteiger partial charge >= 0.3 is 0 Å². The first-order chi connectivity index (χ1) is 9.15. The van der Waals surface area contributed by atoms with Gasteiger partial charge in [0.15, 0.2) is 0 Å². The minimum atomic E-state index is 0.530. The summed E-state index contributed by atoms with van der Waals surface area (Å²) in [6, 6.07) is 8.18. The molecule has 0 amide bonds. The van der Waals surface area contributed by atoms with Gasteiger partial charge in [0.05, 0.1) is 5.69 Å². The van der Waals surface area contributed by atoms with Gasteiger partial charge in [-0.2, -0.15) is 0 Å². The molecule has 19 heavy (non-hydrogen) atoms. The monoisotopic (exact) mass is 276 g/mol. The molecule has 0 fully saturated rings. The molecule has 1 atom stereocenters. The van der Waals surface area contributed by atoms with Crippen LogP contribution < -0.4 is 4.90 Å². The lowest BCUT2D eigenvalue weighted by Gasteiger charge is -2.22. The highest BCUT2D eigenvalue weighted by Crippen LogP contribution is 2.37. The normalized spacial score (nSPS) is 18.2. The Bertz CT molecular complexity index is 574. The van der Waals surface area contributed by atoms with E-state index in [4.69, 9.17) is 16.1 Å². The fourth-order valence-corrected chi connectivity index (χ4v) is 2.89. The van der Waals surface area contributed by atoms with Crippen LogP contribution in [0.5, 0.6) is 0 Å². The van der Waals surface area contributed by atoms with Crippen LogP contribution in [0.3, 0.4) is 0 Å². The summed E-state index contributed by atoms with van der Waals surface area (Å²) in [5.41, 5.74) is 3.73. The van der Waals surface area contributed by atoms with E-state index < -0.39 is 0 Å². The van der Waals surface area contributed by atoms with Gasteiger partial charge in [-0.25, -0.2) is 0 Å². The zero-order valence-electron chi connectivity index (χ0n) is 11.2. The Morgan fingerprint density at radius 2 is 2.00 bits per heavy atom. The summed E-state index contributed by atoms with van der Waals surface area (Å²) >= 11 is 5.95. The fraction of sp³-hybridized carbons (Fsp3) is 0.400. The number of anilines is 1. The summed E-state index contributed by atoms with van der Waals surface area (Å²) in [7, 11) is 3.99. The van der Waals surface area contributed by atoms with E-state index in [1.807, 2.05) is 31.1 Å². The molecule has 0 N–H and O–H groups in total. The number of rotatable bonds is 2. The second-order valence-electron chi connectivity index (χ2n) is 5.30. The van der Waals surface area contributed by atoms with E-state index in [9.17, 15) is 0 Å². The Balaban J connectivity index is 1.88. The fourth-order valence-electron chi connectivity index (χ4n) is 2.76. The van der Waals surface area contributed by atoms with E-state index in [0.29, 0.717) is 5.92 Å². The van der Waals surface area contributed by atoms with Gasteiger partial charge in [-0.05, 0) is 42.9 Å². The van der Waals surface area contributed by atoms with Gasteiger partial charge in [0.2, 0.25) is 5.88 Å². The van der Waals surface area contributed by atoms with Crippen LogP contribution in [0.2, 0.25) is 5.02 Å². The largest absolute Gasteiger partial charge is 0.347 e. The lowest BCUT2D eigenvalue weighted by Crippen LogP contribution is -2.16. The van der Waals surface area contributed by atoms with Crippen LogP contribution >= 0.6 is 11.6 Å². The second-order valence-corrected chi connectivity index (χ2v) is 5.74. The molecule has 1 aliphatic rings. The number of halogens is 1. The van der Waals surface area contributed by atoms with Crippen LogP contribution in [-0.2, 0) is 12.8 Å². The first kappa shape index (κ1) is 12.5. The maximum Gasteiger partial charge on any atom is 0.230 e. The molecule has 3 nitrogen and oxygen atoms in total. The summed E-state index contributed by atoms with van der Waals surface area (Å²) in [6.07, 6.45) is 3.10. The van der Waals surface area contributed by atoms with Crippen LogP contribution in [0.4, 0.5) is 5.88 Å². The Kier molecular flexibility index (Phi) is 3.23. The van der Waals surface area contributed by atoms with Gasteiger partial charge in [-0.15, -0.1) is 0 Å². The van der Waals surface area contributed by atoms with E-state index >= 15 is 0 Å². The SMILES string of the molecule is CN(C)c1onc2c1CC(c1ccc(Cl)cc1)CC2. The van der Waals surface area contributed by atoms with Crippen LogP contribution in [-0.4, -0.2) is 19.3 Å². The number of hydrogen-bond acceptors (Lipinski definition) is 3. The van der Waals surface area contributed by atoms with Crippen LogP contribution in [0, 0.1) is 0 Å². The van der Waals surface area contributed by atoms with Crippen molar-refractivity contribution in [1.29, 1.82) is 0 Å². The molecular weight excluding hydrogens is 260 g/mol. The van der Waals surface area contributed by atoms with E-state index in [0.717, 1.165) is 35.9 Å². The van der Waals surface area contributed by atoms with Gasteiger partial charge in [-0.1, -0.05) is 28.9 Å². The van der Waals surface area contributed by atoms with Crippen molar-refractivity contribution in [3.05, 3.63) is 46.1 Å². The van der Waals surface area contributed by atoms with E-state index in [1.54, 1.807) is 0 Å². The number of nitrogens with zero attached hydrogens (tertiary/aromatic N) is 2. The molecule has 100 valence electrons. The summed E-state index contributed by atoms with van der Waals surface area (Å²) in [4.78, 5) is 2.00. The standard InChI is InChI=1S/C15H17ClN2O/c1-18(2)15-13-9-11(5-8-14(13)17-19-15)10-3-6-12(16)7-4-10/h3-4,6-7,11H,5,8-9H2,1-2H3. The predicted octanol–water partition coefficient (Wildman–Crippen LogP) is 3.67. The maximum atomic E-state index is 5.95. The lowest BCUT2D eigenvalue weighted by atomic mass is 9.83. The van der Waals surface area contributed by atoms with E-state index in [2.05, 4.69) is 17.3 Å². The maximum absolute atomic E-state index is 5.95. The van der Waals surface area contributed by atoms with Gasteiger partial charge in [0, 0.05) is 24.7 Å². The smallest absolute Gasteiger partial charge is 0.230 e. The molecule has 1 aliphatic carbocycles. The molecular formula is C15H17ClN2O. The molecule has 1 aromatic heterocycles. The third kappa shape index (κ3) is 2.35. The summed E-state index contributed by atoms with van der Waals surface area (Å²) in [6.45, 7) is 0. The molecule has 2 aromatic rings. The molecule has 0 saturated carbocycles. The van der Waals surface area contributed by atoms with Crippen molar-refractivity contribution in [3.63, 3.8) is 0 Å². The second kappa shape index (κ2) is 4.89. The Morgan fingerprint density at radius 3 is 2.68 bits per heavy atom. The summed E-state index contributed by atoms with van der Waals surface area (Å²) < 4.78 is 5.44. The minimum Gasteiger partial charge on any atom is -0.347 e. The topological polar surface area (TPSA) is 29.3 Å². The zero-order chi connectivity index (χ0) is 13.4. The molecule has 1 aromatic carbocycles. The zero-order valence-corrected chi connectivity index (χ0v) is 11.9. The van der Waals surface area contributed by atoms with Gasteiger partial charge in [0.1, 0.15) is 0 Å². The molecule has 0 bridgehead atoms. The Morgan fingerprint density at radius 1 is 1.26 bits per heavy atom. The third-order valence-corrected chi connectivity index (χ3v) is 4.03. The highest BCUT2D eigenvalue weighted by atomic mass is 35.5. The van der Waals surface area contributed by atoms with Crippen LogP contribution in [0.15, 0.2) is 28.8 Å². The molecule has 3 rings (SSSR count). The molecule has 0 aliphatic heterocycles. The highest BCUT2D eigenvalue weighted by Gasteiger charge is 2.27. The van der Waals surface area contributed by atoms with Crippen molar-refractivity contribution >= 4 is 17.5 Å². The first-order valence-electron chi connectivity index (χ1n) is 6.55. The lowest BCUT2D eigenvalue weighted by molar-refractivity contribution is 0.415. The quantitative estimate of drug-likeness (QED) is 0.838. The van der Waals surface area contributed by atoms with Gasteiger partial charge in [0.25, 0.3) is 0 Å². The molecule has 1 unspecified atom stereocenters. The van der Waals surface area contributed by atoms with Gasteiger partial charge < -0.3 is 9.42 Å². The molecule has 4 heteroatoms. The number of aryl methyl sites for hydroxylation is 1. The highest BCUT2D eigenvalue weighted by molar-refractivity contribution is 6.30. The number of aromatic nitrogens is 1. The Hall–Kier alpha value is -1.48. The van der Waals surface area contributed by atoms with Crippen molar-refractivity contribution in [2.45, 2.75) is 25.2 Å². The van der Waals surface area contributed by atoms with E-state index in [1.165, 1.54) is 11.1 Å². The molecule has 1 heterocycles. The summed E-state index contributed by atoms with van der Waals surface area (Å²) in [5, 5.41) is 4.97. The number of fused-ring (bicyclic) bond motifs is 1. The predicted molar refractivity (Wildman–Crippen MR) is 77.0 cm³/mol. The number of benzene rings is 1. The molecule has 0 radical (unpaired) electrons. The van der Waals surface area contributed by atoms with E-state index in [-0.39, 0.29) is 0 Å². The van der Waals surface area contributed by atoms with Crippen LogP contribution in [0.25, 0.3) is 0 Å². The first-order valence-corrected chi connectivity index (χ1v) is 6.93. The van der Waals surface area contributed by atoms with Gasteiger partial charge in [-0.3, -0.25) is 0 Å². The third-order valence-electron chi connectivity index (χ3n) is 3.78. The van der Waals surface area contributed by atoms with Crippen molar-refractivity contribution in [2.24, 2.45) is 0 Å². The molecule has 0 saturated heterocycles.